The summed E-state index contributed by atoms with van der Waals surface area (Å²) in [5, 5.41) is 3.60. The van der Waals surface area contributed by atoms with Gasteiger partial charge in [-0.05, 0) is 51.3 Å². The molecule has 1 saturated heterocycles. The summed E-state index contributed by atoms with van der Waals surface area (Å²) in [5.74, 6) is 0. The Bertz CT molecular complexity index is 436. The Morgan fingerprint density at radius 2 is 2.25 bits per heavy atom. The van der Waals surface area contributed by atoms with Gasteiger partial charge in [-0.1, -0.05) is 0 Å². The van der Waals surface area contributed by atoms with Crippen LogP contribution in [-0.2, 0) is 17.8 Å². The van der Waals surface area contributed by atoms with E-state index in [1.807, 2.05) is 11.3 Å². The van der Waals surface area contributed by atoms with Crippen molar-refractivity contribution in [3.63, 3.8) is 0 Å². The van der Waals surface area contributed by atoms with E-state index in [0.29, 0.717) is 6.10 Å². The molecular weight excluding hydrogens is 268 g/mol. The number of hydrogen-bond donors (Lipinski definition) is 1. The third-order valence-corrected chi connectivity index (χ3v) is 5.29. The zero-order chi connectivity index (χ0) is 13.9. The number of likely N-dealkylation sites (N-methyl/N-ethyl adjacent to an activating group) is 1. The standard InChI is InChI=1S/C16H26N2OS/c1-12-13(8-16(20-12)9-17-14-5-6-14)10-18(2)11-15-4-3-7-19-15/h8,14-15,17H,3-7,9-11H2,1-2H3. The molecule has 3 nitrogen and oxygen atoms in total. The average Bonchev–Trinajstić information content (AvgIpc) is 2.99. The Kier molecular flexibility index (Phi) is 4.76. The molecule has 1 atom stereocenters. The lowest BCUT2D eigenvalue weighted by Crippen LogP contribution is -2.28. The molecule has 1 N–H and O–H groups in total. The molecule has 3 rings (SSSR count). The molecule has 1 aliphatic heterocycles. The highest BCUT2D eigenvalue weighted by Crippen LogP contribution is 2.25. The first kappa shape index (κ1) is 14.5. The third-order valence-electron chi connectivity index (χ3n) is 4.19. The minimum Gasteiger partial charge on any atom is -0.377 e. The first-order valence-corrected chi connectivity index (χ1v) is 8.64. The van der Waals surface area contributed by atoms with E-state index in [2.05, 4.69) is 30.3 Å². The molecular formula is C16H26N2OS. The van der Waals surface area contributed by atoms with E-state index in [-0.39, 0.29) is 0 Å². The van der Waals surface area contributed by atoms with Gasteiger partial charge in [0.25, 0.3) is 0 Å². The van der Waals surface area contributed by atoms with Crippen LogP contribution >= 0.6 is 11.3 Å². The molecule has 1 aromatic heterocycles. The van der Waals surface area contributed by atoms with Gasteiger partial charge in [0, 0.05) is 42.0 Å². The van der Waals surface area contributed by atoms with Crippen LogP contribution < -0.4 is 5.32 Å². The fourth-order valence-electron chi connectivity index (χ4n) is 2.86. The monoisotopic (exact) mass is 294 g/mol. The van der Waals surface area contributed by atoms with Crippen LogP contribution in [0.15, 0.2) is 6.07 Å². The van der Waals surface area contributed by atoms with Gasteiger partial charge in [-0.3, -0.25) is 4.90 Å². The molecule has 0 bridgehead atoms. The molecule has 1 unspecified atom stereocenters. The molecule has 0 spiro atoms. The van der Waals surface area contributed by atoms with E-state index in [9.17, 15) is 0 Å². The van der Waals surface area contributed by atoms with Crippen LogP contribution in [0.3, 0.4) is 0 Å². The van der Waals surface area contributed by atoms with E-state index in [4.69, 9.17) is 4.74 Å². The Balaban J connectivity index is 1.49. The van der Waals surface area contributed by atoms with E-state index < -0.39 is 0 Å². The van der Waals surface area contributed by atoms with Crippen molar-refractivity contribution in [2.24, 2.45) is 0 Å². The molecule has 1 aliphatic carbocycles. The smallest absolute Gasteiger partial charge is 0.0702 e. The van der Waals surface area contributed by atoms with Crippen LogP contribution in [0.4, 0.5) is 0 Å². The van der Waals surface area contributed by atoms with Gasteiger partial charge < -0.3 is 10.1 Å². The maximum absolute atomic E-state index is 5.72. The van der Waals surface area contributed by atoms with Gasteiger partial charge >= 0.3 is 0 Å². The maximum Gasteiger partial charge on any atom is 0.0702 e. The topological polar surface area (TPSA) is 24.5 Å². The molecule has 2 aliphatic rings. The predicted octanol–water partition coefficient (Wildman–Crippen LogP) is 2.92. The van der Waals surface area contributed by atoms with Crippen molar-refractivity contribution in [1.82, 2.24) is 10.2 Å². The quantitative estimate of drug-likeness (QED) is 0.837. The summed E-state index contributed by atoms with van der Waals surface area (Å²) < 4.78 is 5.72. The van der Waals surface area contributed by atoms with Gasteiger partial charge in [0.15, 0.2) is 0 Å². The second-order valence-electron chi connectivity index (χ2n) is 6.28. The minimum absolute atomic E-state index is 0.454. The molecule has 0 radical (unpaired) electrons. The zero-order valence-electron chi connectivity index (χ0n) is 12.7. The number of aryl methyl sites for hydroxylation is 1. The Hall–Kier alpha value is -0.420. The minimum atomic E-state index is 0.454. The Morgan fingerprint density at radius 1 is 1.40 bits per heavy atom. The van der Waals surface area contributed by atoms with Gasteiger partial charge in [0.05, 0.1) is 6.10 Å². The number of nitrogens with one attached hydrogen (secondary N) is 1. The van der Waals surface area contributed by atoms with Gasteiger partial charge in [0.1, 0.15) is 0 Å². The Morgan fingerprint density at radius 3 is 2.95 bits per heavy atom. The lowest BCUT2D eigenvalue weighted by atomic mass is 10.2. The van der Waals surface area contributed by atoms with E-state index in [1.54, 1.807) is 0 Å². The van der Waals surface area contributed by atoms with Gasteiger partial charge in [-0.15, -0.1) is 11.3 Å². The van der Waals surface area contributed by atoms with Crippen molar-refractivity contribution in [1.29, 1.82) is 0 Å². The van der Waals surface area contributed by atoms with Crippen molar-refractivity contribution in [2.75, 3.05) is 20.2 Å². The number of hydrogen-bond acceptors (Lipinski definition) is 4. The van der Waals surface area contributed by atoms with Crippen LogP contribution in [0.1, 0.15) is 41.0 Å². The largest absolute Gasteiger partial charge is 0.377 e. The molecule has 4 heteroatoms. The Labute approximate surface area is 126 Å². The number of ether oxygens (including phenoxy) is 1. The van der Waals surface area contributed by atoms with E-state index >= 15 is 0 Å². The summed E-state index contributed by atoms with van der Waals surface area (Å²) in [6.07, 6.45) is 5.63. The van der Waals surface area contributed by atoms with Crippen molar-refractivity contribution in [3.05, 3.63) is 21.4 Å². The van der Waals surface area contributed by atoms with Crippen LogP contribution in [0.5, 0.6) is 0 Å². The summed E-state index contributed by atoms with van der Waals surface area (Å²) in [6.45, 7) is 6.36. The van der Waals surface area contributed by atoms with E-state index in [0.717, 1.165) is 32.3 Å². The highest BCUT2D eigenvalue weighted by atomic mass is 32.1. The summed E-state index contributed by atoms with van der Waals surface area (Å²) in [4.78, 5) is 5.36. The predicted molar refractivity (Wildman–Crippen MR) is 84.2 cm³/mol. The van der Waals surface area contributed by atoms with Crippen molar-refractivity contribution >= 4 is 11.3 Å². The van der Waals surface area contributed by atoms with Gasteiger partial charge in [-0.2, -0.15) is 0 Å². The molecule has 0 amide bonds. The van der Waals surface area contributed by atoms with Gasteiger partial charge in [-0.25, -0.2) is 0 Å². The summed E-state index contributed by atoms with van der Waals surface area (Å²) in [5.41, 5.74) is 1.49. The fraction of sp³-hybridized carbons (Fsp3) is 0.750. The number of thiophene rings is 1. The van der Waals surface area contributed by atoms with Gasteiger partial charge in [0.2, 0.25) is 0 Å². The summed E-state index contributed by atoms with van der Waals surface area (Å²) >= 11 is 1.95. The fourth-order valence-corrected chi connectivity index (χ4v) is 3.86. The first-order valence-electron chi connectivity index (χ1n) is 7.82. The maximum atomic E-state index is 5.72. The van der Waals surface area contributed by atoms with Crippen molar-refractivity contribution in [3.8, 4) is 0 Å². The SMILES string of the molecule is Cc1sc(CNC2CC2)cc1CN(C)CC1CCCO1. The lowest BCUT2D eigenvalue weighted by molar-refractivity contribution is 0.0793. The number of nitrogens with zero attached hydrogens (tertiary/aromatic N) is 1. The molecule has 112 valence electrons. The van der Waals surface area contributed by atoms with Crippen LogP contribution in [0, 0.1) is 6.92 Å². The molecule has 2 fully saturated rings. The third kappa shape index (κ3) is 4.04. The van der Waals surface area contributed by atoms with Crippen LogP contribution in [0.2, 0.25) is 0 Å². The molecule has 1 saturated carbocycles. The second kappa shape index (κ2) is 6.56. The highest BCUT2D eigenvalue weighted by molar-refractivity contribution is 7.12. The zero-order valence-corrected chi connectivity index (χ0v) is 13.5. The van der Waals surface area contributed by atoms with E-state index in [1.165, 1.54) is 41.0 Å². The van der Waals surface area contributed by atoms with Crippen molar-refractivity contribution < 1.29 is 4.74 Å². The molecule has 20 heavy (non-hydrogen) atoms. The average molecular weight is 294 g/mol. The number of rotatable bonds is 7. The van der Waals surface area contributed by atoms with Crippen LogP contribution in [0.25, 0.3) is 0 Å². The van der Waals surface area contributed by atoms with Crippen molar-refractivity contribution in [2.45, 2.75) is 57.8 Å². The molecule has 1 aromatic rings. The summed E-state index contributed by atoms with van der Waals surface area (Å²) in [7, 11) is 2.21. The normalized spacial score (nSPS) is 22.9. The first-order chi connectivity index (χ1) is 9.70. The molecule has 2 heterocycles. The highest BCUT2D eigenvalue weighted by Gasteiger charge is 2.21. The van der Waals surface area contributed by atoms with Crippen LogP contribution in [-0.4, -0.2) is 37.2 Å². The second-order valence-corrected chi connectivity index (χ2v) is 7.62. The summed E-state index contributed by atoms with van der Waals surface area (Å²) in [6, 6.07) is 3.18. The lowest BCUT2D eigenvalue weighted by Gasteiger charge is -2.20. The molecule has 0 aromatic carbocycles.